The lowest BCUT2D eigenvalue weighted by Crippen LogP contribution is -2.43. The molecule has 9 heteroatoms. The summed E-state index contributed by atoms with van der Waals surface area (Å²) in [6.45, 7) is 1.83. The van der Waals surface area contributed by atoms with Crippen LogP contribution in [0.5, 0.6) is 11.5 Å². The van der Waals surface area contributed by atoms with Crippen molar-refractivity contribution in [1.82, 2.24) is 5.32 Å². The Kier molecular flexibility index (Phi) is 7.60. The molecule has 0 saturated carbocycles. The monoisotopic (exact) mass is 506 g/mol. The number of para-hydroxylation sites is 1. The van der Waals surface area contributed by atoms with Crippen LogP contribution in [0, 0.1) is 0 Å². The number of hydrogen-bond donors (Lipinski definition) is 2. The molecule has 3 aromatic rings. The highest BCUT2D eigenvalue weighted by Crippen LogP contribution is 2.44. The van der Waals surface area contributed by atoms with Gasteiger partial charge < -0.3 is 29.6 Å². The van der Waals surface area contributed by atoms with Crippen molar-refractivity contribution in [2.24, 2.45) is 0 Å². The van der Waals surface area contributed by atoms with E-state index in [1.807, 2.05) is 37.3 Å². The summed E-state index contributed by atoms with van der Waals surface area (Å²) in [7, 11) is 4.60. The van der Waals surface area contributed by atoms with Crippen LogP contribution in [0.15, 0.2) is 78.0 Å². The number of rotatable bonds is 9. The number of aldehydes is 1. The second-order valence-electron chi connectivity index (χ2n) is 7.61. The lowest BCUT2D eigenvalue weighted by molar-refractivity contribution is 0.0945. The van der Waals surface area contributed by atoms with Gasteiger partial charge in [0.2, 0.25) is 5.76 Å². The first-order chi connectivity index (χ1) is 17.5. The number of benzene rings is 2. The van der Waals surface area contributed by atoms with Crippen LogP contribution >= 0.6 is 11.3 Å². The molecule has 186 valence electrons. The van der Waals surface area contributed by atoms with Crippen molar-refractivity contribution in [3.8, 4) is 11.5 Å². The number of thiophene rings is 1. The third-order valence-corrected chi connectivity index (χ3v) is 6.66. The molecular weight excluding hydrogens is 480 g/mol. The molecule has 2 heterocycles. The Balaban J connectivity index is 1.70. The van der Waals surface area contributed by atoms with E-state index < -0.39 is 6.17 Å². The fourth-order valence-electron chi connectivity index (χ4n) is 3.85. The quantitative estimate of drug-likeness (QED) is 0.222. The number of anilines is 1. The summed E-state index contributed by atoms with van der Waals surface area (Å²) < 4.78 is 23.1. The molecule has 1 atom stereocenters. The molecule has 0 fully saturated rings. The van der Waals surface area contributed by atoms with Crippen molar-refractivity contribution in [3.63, 3.8) is 0 Å². The normalized spacial score (nSPS) is 16.1. The standard InChI is InChI=1S/C27H26N2O6S/c1-5-19(32-2)24(34-4)20(33-3)13-14-21-28-26(31)22-18-12-11-16(15-30)23(25(18)36-27(22)29-21)35-17-9-7-6-8-10-17/h5-15,21,29H,1-4H3,(H,28,31)/b14-13+,19-5+,24-20-. The fraction of sp³-hybridized carbons (Fsp3) is 0.185. The van der Waals surface area contributed by atoms with Crippen molar-refractivity contribution >= 4 is 38.6 Å². The molecular formula is C27H26N2O6S. The highest BCUT2D eigenvalue weighted by Gasteiger charge is 2.29. The smallest absolute Gasteiger partial charge is 0.256 e. The maximum Gasteiger partial charge on any atom is 0.256 e. The third kappa shape index (κ3) is 4.78. The first kappa shape index (κ1) is 24.9. The lowest BCUT2D eigenvalue weighted by atomic mass is 10.1. The molecule has 2 N–H and O–H groups in total. The number of methoxy groups -OCH3 is 3. The van der Waals surface area contributed by atoms with Crippen LogP contribution in [0.4, 0.5) is 5.00 Å². The van der Waals surface area contributed by atoms with E-state index in [0.29, 0.717) is 55.0 Å². The van der Waals surface area contributed by atoms with Crippen LogP contribution in [-0.4, -0.2) is 39.7 Å². The minimum Gasteiger partial charge on any atom is -0.493 e. The third-order valence-electron chi connectivity index (χ3n) is 5.53. The predicted octanol–water partition coefficient (Wildman–Crippen LogP) is 5.60. The molecule has 0 saturated heterocycles. The maximum atomic E-state index is 13.1. The van der Waals surface area contributed by atoms with Gasteiger partial charge in [0.05, 0.1) is 37.2 Å². The highest BCUT2D eigenvalue weighted by atomic mass is 32.1. The zero-order valence-corrected chi connectivity index (χ0v) is 21.1. The van der Waals surface area contributed by atoms with Gasteiger partial charge in [0.25, 0.3) is 5.91 Å². The zero-order chi connectivity index (χ0) is 25.7. The Morgan fingerprint density at radius 1 is 1.00 bits per heavy atom. The number of fused-ring (bicyclic) bond motifs is 3. The number of nitrogens with one attached hydrogen (secondary N) is 2. The molecule has 1 aromatic heterocycles. The summed E-state index contributed by atoms with van der Waals surface area (Å²) >= 11 is 1.36. The molecule has 1 aliphatic heterocycles. The molecule has 0 spiro atoms. The Bertz CT molecular complexity index is 1370. The molecule has 1 aliphatic rings. The molecule has 4 rings (SSSR count). The van der Waals surface area contributed by atoms with Crippen LogP contribution in [0.1, 0.15) is 27.6 Å². The average molecular weight is 507 g/mol. The van der Waals surface area contributed by atoms with Crippen molar-refractivity contribution in [3.05, 3.63) is 89.1 Å². The number of allylic oxidation sites excluding steroid dienone is 2. The number of ether oxygens (including phenoxy) is 4. The highest BCUT2D eigenvalue weighted by molar-refractivity contribution is 7.23. The van der Waals surface area contributed by atoms with Crippen molar-refractivity contribution in [2.45, 2.75) is 13.1 Å². The van der Waals surface area contributed by atoms with Gasteiger partial charge >= 0.3 is 0 Å². The molecule has 8 nitrogen and oxygen atoms in total. The van der Waals surface area contributed by atoms with Gasteiger partial charge in [0, 0.05) is 5.39 Å². The second-order valence-corrected chi connectivity index (χ2v) is 8.63. The van der Waals surface area contributed by atoms with E-state index in [0.717, 1.165) is 6.29 Å². The minimum absolute atomic E-state index is 0.241. The molecule has 0 radical (unpaired) electrons. The minimum atomic E-state index is -0.512. The number of carbonyl (C=O) groups is 2. The van der Waals surface area contributed by atoms with Gasteiger partial charge in [-0.15, -0.1) is 11.3 Å². The Hall–Kier alpha value is -4.24. The van der Waals surface area contributed by atoms with E-state index in [1.165, 1.54) is 25.6 Å². The fourth-order valence-corrected chi connectivity index (χ4v) is 5.08. The Morgan fingerprint density at radius 3 is 2.42 bits per heavy atom. The molecule has 36 heavy (non-hydrogen) atoms. The van der Waals surface area contributed by atoms with Crippen LogP contribution < -0.4 is 15.4 Å². The van der Waals surface area contributed by atoms with Gasteiger partial charge in [-0.05, 0) is 43.4 Å². The van der Waals surface area contributed by atoms with Crippen molar-refractivity contribution < 1.29 is 28.5 Å². The Morgan fingerprint density at radius 2 is 1.78 bits per heavy atom. The topological polar surface area (TPSA) is 95.1 Å². The van der Waals surface area contributed by atoms with E-state index in [4.69, 9.17) is 18.9 Å². The summed E-state index contributed by atoms with van der Waals surface area (Å²) in [5.74, 6) is 2.15. The van der Waals surface area contributed by atoms with E-state index in [1.54, 1.807) is 37.5 Å². The van der Waals surface area contributed by atoms with Gasteiger partial charge in [0.1, 0.15) is 16.9 Å². The van der Waals surface area contributed by atoms with E-state index in [-0.39, 0.29) is 5.91 Å². The molecule has 1 unspecified atom stereocenters. The molecule has 0 bridgehead atoms. The summed E-state index contributed by atoms with van der Waals surface area (Å²) in [4.78, 5) is 24.9. The summed E-state index contributed by atoms with van der Waals surface area (Å²) in [5, 5.41) is 7.64. The van der Waals surface area contributed by atoms with Gasteiger partial charge in [-0.2, -0.15) is 0 Å². The van der Waals surface area contributed by atoms with Crippen molar-refractivity contribution in [1.29, 1.82) is 0 Å². The molecule has 0 aliphatic carbocycles. The van der Waals surface area contributed by atoms with Gasteiger partial charge in [-0.3, -0.25) is 9.59 Å². The predicted molar refractivity (Wildman–Crippen MR) is 140 cm³/mol. The Labute approximate surface area is 212 Å². The summed E-state index contributed by atoms with van der Waals surface area (Å²) in [5.41, 5.74) is 0.910. The number of amides is 1. The number of carbonyl (C=O) groups excluding carboxylic acids is 2. The number of hydrogen-bond acceptors (Lipinski definition) is 8. The van der Waals surface area contributed by atoms with Gasteiger partial charge in [-0.1, -0.05) is 24.3 Å². The van der Waals surface area contributed by atoms with Crippen LogP contribution in [-0.2, 0) is 14.2 Å². The van der Waals surface area contributed by atoms with E-state index >= 15 is 0 Å². The van der Waals surface area contributed by atoms with E-state index in [9.17, 15) is 9.59 Å². The first-order valence-corrected chi connectivity index (χ1v) is 11.9. The lowest BCUT2D eigenvalue weighted by Gasteiger charge is -2.23. The summed E-state index contributed by atoms with van der Waals surface area (Å²) in [6, 6.07) is 12.6. The zero-order valence-electron chi connectivity index (χ0n) is 20.3. The van der Waals surface area contributed by atoms with Crippen LogP contribution in [0.3, 0.4) is 0 Å². The summed E-state index contributed by atoms with van der Waals surface area (Å²) in [6.07, 6.45) is 5.46. The molecule has 1 amide bonds. The van der Waals surface area contributed by atoms with Crippen LogP contribution in [0.2, 0.25) is 0 Å². The largest absolute Gasteiger partial charge is 0.493 e. The maximum absolute atomic E-state index is 13.1. The SMILES string of the molecule is C\C=C(OC)/C(OC)=C(\C=C\C1NC(=O)c2c(sc3c(Oc4ccccc4)c(C=O)ccc23)N1)OC. The molecule has 2 aromatic carbocycles. The average Bonchev–Trinajstić information content (AvgIpc) is 3.28. The second kappa shape index (κ2) is 11.0. The first-order valence-electron chi connectivity index (χ1n) is 11.1. The van der Waals surface area contributed by atoms with Crippen molar-refractivity contribution in [2.75, 3.05) is 26.6 Å². The van der Waals surface area contributed by atoms with Gasteiger partial charge in [0.15, 0.2) is 23.6 Å². The van der Waals surface area contributed by atoms with Crippen LogP contribution in [0.25, 0.3) is 10.1 Å². The van der Waals surface area contributed by atoms with E-state index in [2.05, 4.69) is 10.6 Å². The van der Waals surface area contributed by atoms with Gasteiger partial charge in [-0.25, -0.2) is 0 Å².